The molecule has 0 heterocycles. The molecule has 0 aliphatic heterocycles. The van der Waals surface area contributed by atoms with E-state index in [4.69, 9.17) is 16.3 Å². The largest absolute Gasteiger partial charge is 0.473 e. The minimum atomic E-state index is -0.260. The molecule has 4 nitrogen and oxygen atoms in total. The number of benzene rings is 2. The second-order valence-electron chi connectivity index (χ2n) is 5.43. The van der Waals surface area contributed by atoms with Gasteiger partial charge in [0.15, 0.2) is 6.73 Å². The van der Waals surface area contributed by atoms with Crippen LogP contribution in [0.4, 0.5) is 4.79 Å². The van der Waals surface area contributed by atoms with E-state index < -0.39 is 0 Å². The molecule has 128 valence electrons. The third-order valence-electron chi connectivity index (χ3n) is 3.52. The van der Waals surface area contributed by atoms with E-state index in [-0.39, 0.29) is 12.8 Å². The van der Waals surface area contributed by atoms with Gasteiger partial charge in [-0.3, -0.25) is 0 Å². The summed E-state index contributed by atoms with van der Waals surface area (Å²) in [4.78, 5) is 11.8. The van der Waals surface area contributed by atoms with Gasteiger partial charge in [0.25, 0.3) is 0 Å². The average Bonchev–Trinajstić information content (AvgIpc) is 2.54. The summed E-state index contributed by atoms with van der Waals surface area (Å²) in [5.41, 5.74) is 3.05. The predicted octanol–water partition coefficient (Wildman–Crippen LogP) is 4.60. The summed E-state index contributed by atoms with van der Waals surface area (Å²) in [5, 5.41) is 6.21. The summed E-state index contributed by atoms with van der Waals surface area (Å²) in [7, 11) is 0. The highest BCUT2D eigenvalue weighted by Crippen LogP contribution is 2.25. The lowest BCUT2D eigenvalue weighted by molar-refractivity contribution is 0.224. The number of rotatable bonds is 6. The van der Waals surface area contributed by atoms with Crippen LogP contribution in [0.15, 0.2) is 40.9 Å². The molecular weight excluding hydrogens is 392 g/mol. The van der Waals surface area contributed by atoms with Crippen LogP contribution in [0.25, 0.3) is 0 Å². The predicted molar refractivity (Wildman–Crippen MR) is 101 cm³/mol. The maximum atomic E-state index is 11.8. The number of halogens is 2. The molecule has 2 aromatic rings. The molecule has 0 aliphatic carbocycles. The Morgan fingerprint density at radius 1 is 1.17 bits per heavy atom. The molecule has 2 aromatic carbocycles. The van der Waals surface area contributed by atoms with E-state index in [0.29, 0.717) is 12.3 Å². The first-order chi connectivity index (χ1) is 11.5. The molecule has 2 N–H and O–H groups in total. The first-order valence-corrected chi connectivity index (χ1v) is 8.79. The molecule has 2 amide bonds. The molecule has 0 bridgehead atoms. The van der Waals surface area contributed by atoms with Crippen molar-refractivity contribution in [2.75, 3.05) is 13.3 Å². The van der Waals surface area contributed by atoms with Crippen molar-refractivity contribution in [1.82, 2.24) is 10.6 Å². The normalized spacial score (nSPS) is 10.3. The molecule has 0 radical (unpaired) electrons. The van der Waals surface area contributed by atoms with Gasteiger partial charge >= 0.3 is 6.03 Å². The zero-order valence-corrected chi connectivity index (χ0v) is 16.0. The quantitative estimate of drug-likeness (QED) is 0.683. The van der Waals surface area contributed by atoms with Crippen molar-refractivity contribution in [3.8, 4) is 5.75 Å². The monoisotopic (exact) mass is 410 g/mol. The number of nitrogens with one attached hydrogen (secondary N) is 2. The summed E-state index contributed by atoms with van der Waals surface area (Å²) < 4.78 is 6.58. The first-order valence-electron chi connectivity index (χ1n) is 7.62. The number of carbonyl (C=O) groups excluding carboxylic acids is 1. The molecule has 0 spiro atoms. The lowest BCUT2D eigenvalue weighted by Crippen LogP contribution is -2.38. The van der Waals surface area contributed by atoms with Gasteiger partial charge in [-0.1, -0.05) is 45.7 Å². The minimum Gasteiger partial charge on any atom is -0.473 e. The Labute approximate surface area is 155 Å². The molecule has 0 atom stereocenters. The van der Waals surface area contributed by atoms with Crippen LogP contribution in [-0.2, 0) is 6.42 Å². The first kappa shape index (κ1) is 18.6. The van der Waals surface area contributed by atoms with Crippen LogP contribution in [0.2, 0.25) is 5.02 Å². The van der Waals surface area contributed by atoms with Crippen molar-refractivity contribution < 1.29 is 9.53 Å². The minimum absolute atomic E-state index is 0.0986. The van der Waals surface area contributed by atoms with E-state index in [1.807, 2.05) is 50.2 Å². The van der Waals surface area contributed by atoms with Crippen molar-refractivity contribution >= 4 is 33.6 Å². The van der Waals surface area contributed by atoms with Gasteiger partial charge in [0.05, 0.1) is 0 Å². The van der Waals surface area contributed by atoms with Gasteiger partial charge in [-0.05, 0) is 55.2 Å². The molecule has 0 aliphatic rings. The van der Waals surface area contributed by atoms with Crippen LogP contribution in [0.3, 0.4) is 0 Å². The van der Waals surface area contributed by atoms with Gasteiger partial charge in [0.1, 0.15) is 5.75 Å². The summed E-state index contributed by atoms with van der Waals surface area (Å²) in [6, 6.07) is 11.4. The lowest BCUT2D eigenvalue weighted by Gasteiger charge is -2.12. The summed E-state index contributed by atoms with van der Waals surface area (Å²) in [6.07, 6.45) is 0.755. The van der Waals surface area contributed by atoms with Crippen LogP contribution in [-0.4, -0.2) is 19.3 Å². The molecule has 0 fully saturated rings. The van der Waals surface area contributed by atoms with Crippen LogP contribution in [0, 0.1) is 13.8 Å². The maximum absolute atomic E-state index is 11.8. The van der Waals surface area contributed by atoms with Crippen molar-refractivity contribution in [2.45, 2.75) is 20.3 Å². The molecular formula is C18H20BrClN2O2. The number of ether oxygens (including phenoxy) is 1. The van der Waals surface area contributed by atoms with Crippen LogP contribution in [0.5, 0.6) is 5.75 Å². The highest BCUT2D eigenvalue weighted by Gasteiger charge is 2.05. The molecule has 0 aromatic heterocycles. The number of aryl methyl sites for hydroxylation is 2. The third kappa shape index (κ3) is 5.42. The van der Waals surface area contributed by atoms with E-state index >= 15 is 0 Å². The third-order valence-corrected chi connectivity index (χ3v) is 4.89. The summed E-state index contributed by atoms with van der Waals surface area (Å²) in [5.74, 6) is 0.683. The van der Waals surface area contributed by atoms with Crippen molar-refractivity contribution in [3.05, 3.63) is 62.6 Å². The Hall–Kier alpha value is -1.72. The Balaban J connectivity index is 1.71. The fourth-order valence-corrected chi connectivity index (χ4v) is 2.84. The molecule has 0 unspecified atom stereocenters. The van der Waals surface area contributed by atoms with Gasteiger partial charge < -0.3 is 15.4 Å². The van der Waals surface area contributed by atoms with Gasteiger partial charge in [-0.2, -0.15) is 0 Å². The van der Waals surface area contributed by atoms with Gasteiger partial charge in [0.2, 0.25) is 0 Å². The van der Waals surface area contributed by atoms with Crippen molar-refractivity contribution in [3.63, 3.8) is 0 Å². The van der Waals surface area contributed by atoms with Crippen molar-refractivity contribution in [1.29, 1.82) is 0 Å². The number of urea groups is 1. The van der Waals surface area contributed by atoms with Gasteiger partial charge in [0, 0.05) is 16.0 Å². The Morgan fingerprint density at radius 2 is 1.83 bits per heavy atom. The molecule has 0 saturated heterocycles. The SMILES string of the molecule is Cc1cc(OCNC(=O)NCCc2ccccc2Br)cc(C)c1Cl. The number of hydrogen-bond donors (Lipinski definition) is 2. The summed E-state index contributed by atoms with van der Waals surface area (Å²) >= 11 is 9.60. The van der Waals surface area contributed by atoms with E-state index in [9.17, 15) is 4.79 Å². The van der Waals surface area contributed by atoms with Gasteiger partial charge in [-0.15, -0.1) is 0 Å². The molecule has 0 saturated carbocycles. The lowest BCUT2D eigenvalue weighted by atomic mass is 10.1. The van der Waals surface area contributed by atoms with Crippen molar-refractivity contribution in [2.24, 2.45) is 0 Å². The Kier molecular flexibility index (Phi) is 6.94. The van der Waals surface area contributed by atoms with Gasteiger partial charge in [-0.25, -0.2) is 4.79 Å². The molecule has 24 heavy (non-hydrogen) atoms. The highest BCUT2D eigenvalue weighted by molar-refractivity contribution is 9.10. The zero-order valence-electron chi connectivity index (χ0n) is 13.7. The Bertz CT molecular complexity index is 699. The number of hydrogen-bond acceptors (Lipinski definition) is 2. The second kappa shape index (κ2) is 8.94. The second-order valence-corrected chi connectivity index (χ2v) is 6.67. The van der Waals surface area contributed by atoms with E-state index in [1.165, 1.54) is 0 Å². The highest BCUT2D eigenvalue weighted by atomic mass is 79.9. The number of amides is 2. The smallest absolute Gasteiger partial charge is 0.317 e. The fourth-order valence-electron chi connectivity index (χ4n) is 2.25. The van der Waals surface area contributed by atoms with Crippen LogP contribution >= 0.6 is 27.5 Å². The van der Waals surface area contributed by atoms with E-state index in [0.717, 1.165) is 32.6 Å². The average molecular weight is 412 g/mol. The standard InChI is InChI=1S/C18H20BrClN2O2/c1-12-9-15(10-13(2)17(12)20)24-11-22-18(23)21-8-7-14-5-3-4-6-16(14)19/h3-6,9-10H,7-8,11H2,1-2H3,(H2,21,22,23). The fraction of sp³-hybridized carbons (Fsp3) is 0.278. The summed E-state index contributed by atoms with van der Waals surface area (Å²) in [6.45, 7) is 4.49. The van der Waals surface area contributed by atoms with E-state index in [2.05, 4.69) is 26.6 Å². The Morgan fingerprint density at radius 3 is 2.50 bits per heavy atom. The molecule has 2 rings (SSSR count). The number of carbonyl (C=O) groups is 1. The molecule has 6 heteroatoms. The zero-order chi connectivity index (χ0) is 17.5. The van der Waals surface area contributed by atoms with Crippen LogP contribution < -0.4 is 15.4 Å². The van der Waals surface area contributed by atoms with Crippen LogP contribution in [0.1, 0.15) is 16.7 Å². The maximum Gasteiger partial charge on any atom is 0.317 e. The topological polar surface area (TPSA) is 50.4 Å². The van der Waals surface area contributed by atoms with E-state index in [1.54, 1.807) is 0 Å².